The van der Waals surface area contributed by atoms with Crippen LogP contribution in [0.15, 0.2) is 72.9 Å². The van der Waals surface area contributed by atoms with E-state index in [0.717, 1.165) is 0 Å². The van der Waals surface area contributed by atoms with Gasteiger partial charge in [0.2, 0.25) is 8.32 Å². The molecular formula is C18H20OSi. The second kappa shape index (κ2) is 6.50. The van der Waals surface area contributed by atoms with Crippen LogP contribution in [0.2, 0.25) is 6.55 Å². The third-order valence-corrected chi connectivity index (χ3v) is 6.67. The molecule has 0 saturated heterocycles. The van der Waals surface area contributed by atoms with E-state index in [9.17, 15) is 0 Å². The summed E-state index contributed by atoms with van der Waals surface area (Å²) < 4.78 is 5.83. The van der Waals surface area contributed by atoms with Gasteiger partial charge in [-0.15, -0.1) is 6.58 Å². The van der Waals surface area contributed by atoms with E-state index in [1.165, 1.54) is 16.3 Å². The zero-order valence-corrected chi connectivity index (χ0v) is 13.0. The summed E-state index contributed by atoms with van der Waals surface area (Å²) in [5, 5.41) is 1.24. The van der Waals surface area contributed by atoms with Gasteiger partial charge in [0.15, 0.2) is 0 Å². The van der Waals surface area contributed by atoms with E-state index < -0.39 is 8.32 Å². The molecule has 1 nitrogen and oxygen atoms in total. The molecule has 0 bridgehead atoms. The lowest BCUT2D eigenvalue weighted by atomic mass is 10.1. The lowest BCUT2D eigenvalue weighted by Crippen LogP contribution is -2.33. The van der Waals surface area contributed by atoms with E-state index in [4.69, 9.17) is 4.43 Å². The van der Waals surface area contributed by atoms with Crippen molar-refractivity contribution in [2.45, 2.75) is 6.55 Å². The van der Waals surface area contributed by atoms with Gasteiger partial charge in [-0.2, -0.15) is 0 Å². The molecule has 0 spiro atoms. The largest absolute Gasteiger partial charge is 0.412 e. The average Bonchev–Trinajstić information content (AvgIpc) is 2.54. The van der Waals surface area contributed by atoms with Crippen molar-refractivity contribution in [1.29, 1.82) is 0 Å². The minimum absolute atomic E-state index is 1.18. The maximum Gasteiger partial charge on any atom is 0.245 e. The highest BCUT2D eigenvalue weighted by Crippen LogP contribution is 2.29. The summed E-state index contributed by atoms with van der Waals surface area (Å²) in [6.45, 7) is 6.16. The van der Waals surface area contributed by atoms with E-state index >= 15 is 0 Å². The predicted octanol–water partition coefficient (Wildman–Crippen LogP) is 4.71. The van der Waals surface area contributed by atoms with Crippen molar-refractivity contribution in [2.24, 2.45) is 0 Å². The first-order chi connectivity index (χ1) is 9.69. The van der Waals surface area contributed by atoms with Crippen LogP contribution < -0.4 is 0 Å². The van der Waals surface area contributed by atoms with Gasteiger partial charge in [-0.05, 0) is 22.9 Å². The average molecular weight is 280 g/mol. The molecule has 2 aromatic rings. The Labute approximate surface area is 122 Å². The van der Waals surface area contributed by atoms with Crippen molar-refractivity contribution < 1.29 is 4.43 Å². The zero-order chi connectivity index (χ0) is 14.4. The summed E-state index contributed by atoms with van der Waals surface area (Å²) in [6.07, 6.45) is 2.22. The van der Waals surface area contributed by atoms with E-state index in [1.807, 2.05) is 30.0 Å². The lowest BCUT2D eigenvalue weighted by molar-refractivity contribution is 0.421. The first-order valence-electron chi connectivity index (χ1n) is 6.71. The van der Waals surface area contributed by atoms with Gasteiger partial charge >= 0.3 is 0 Å². The lowest BCUT2D eigenvalue weighted by Gasteiger charge is -2.25. The molecule has 0 amide bonds. The summed E-state index contributed by atoms with van der Waals surface area (Å²) >= 11 is 0. The molecule has 1 atom stereocenters. The standard InChI is InChI=1S/C18H20OSi/c1-4-20(3,19-2)18(17-13-9-6-10-14-17)15-16-11-7-5-8-12-16/h4-15H,1H2,2-3H3/b18-15-. The minimum Gasteiger partial charge on any atom is -0.412 e. The van der Waals surface area contributed by atoms with Crippen LogP contribution in [-0.2, 0) is 4.43 Å². The minimum atomic E-state index is -2.13. The van der Waals surface area contributed by atoms with Crippen LogP contribution in [0.5, 0.6) is 0 Å². The molecule has 0 aliphatic heterocycles. The molecule has 0 aromatic heterocycles. The Balaban J connectivity index is 2.56. The van der Waals surface area contributed by atoms with E-state index in [1.54, 1.807) is 7.11 Å². The highest BCUT2D eigenvalue weighted by molar-refractivity contribution is 6.95. The van der Waals surface area contributed by atoms with Crippen LogP contribution >= 0.6 is 0 Å². The molecule has 2 heteroatoms. The van der Waals surface area contributed by atoms with Crippen molar-refractivity contribution >= 4 is 19.6 Å². The van der Waals surface area contributed by atoms with Crippen LogP contribution in [0.1, 0.15) is 11.1 Å². The van der Waals surface area contributed by atoms with Crippen LogP contribution in [0.25, 0.3) is 11.3 Å². The Morgan fingerprint density at radius 3 is 2.05 bits per heavy atom. The monoisotopic (exact) mass is 280 g/mol. The van der Waals surface area contributed by atoms with Crippen LogP contribution in [0.4, 0.5) is 0 Å². The van der Waals surface area contributed by atoms with Crippen molar-refractivity contribution in [2.75, 3.05) is 7.11 Å². The summed E-state index contributed by atoms with van der Waals surface area (Å²) in [5.41, 5.74) is 4.37. The molecule has 0 fully saturated rings. The SMILES string of the molecule is C=C[Si](C)(OC)/C(=C\c1ccccc1)c1ccccc1. The van der Waals surface area contributed by atoms with Gasteiger partial charge in [0.05, 0.1) is 0 Å². The molecule has 0 heterocycles. The van der Waals surface area contributed by atoms with Gasteiger partial charge < -0.3 is 4.43 Å². The molecular weight excluding hydrogens is 260 g/mol. The van der Waals surface area contributed by atoms with Crippen molar-refractivity contribution in [3.8, 4) is 0 Å². The second-order valence-corrected chi connectivity index (χ2v) is 8.42. The normalized spacial score (nSPS) is 14.6. The molecule has 102 valence electrons. The molecule has 20 heavy (non-hydrogen) atoms. The molecule has 1 unspecified atom stereocenters. The Morgan fingerprint density at radius 1 is 1.00 bits per heavy atom. The quantitative estimate of drug-likeness (QED) is 0.569. The fourth-order valence-corrected chi connectivity index (χ4v) is 3.95. The van der Waals surface area contributed by atoms with Gasteiger partial charge in [-0.25, -0.2) is 0 Å². The summed E-state index contributed by atoms with van der Waals surface area (Å²) in [4.78, 5) is 0. The van der Waals surface area contributed by atoms with Gasteiger partial charge in [0.25, 0.3) is 0 Å². The molecule has 0 aliphatic carbocycles. The smallest absolute Gasteiger partial charge is 0.245 e. The third-order valence-electron chi connectivity index (χ3n) is 3.54. The third kappa shape index (κ3) is 3.16. The van der Waals surface area contributed by atoms with Crippen molar-refractivity contribution in [3.63, 3.8) is 0 Å². The Bertz CT molecular complexity index is 589. The molecule has 2 aromatic carbocycles. The summed E-state index contributed by atoms with van der Waals surface area (Å²) in [5.74, 6) is 0. The topological polar surface area (TPSA) is 9.23 Å². The number of rotatable bonds is 5. The fraction of sp³-hybridized carbons (Fsp3) is 0.111. The van der Waals surface area contributed by atoms with Gasteiger partial charge in [-0.1, -0.05) is 72.4 Å². The first kappa shape index (κ1) is 14.5. The maximum absolute atomic E-state index is 5.83. The van der Waals surface area contributed by atoms with Crippen LogP contribution in [0.3, 0.4) is 0 Å². The maximum atomic E-state index is 5.83. The predicted molar refractivity (Wildman–Crippen MR) is 89.6 cm³/mol. The second-order valence-electron chi connectivity index (χ2n) is 4.85. The number of hydrogen-bond donors (Lipinski definition) is 0. The van der Waals surface area contributed by atoms with Crippen molar-refractivity contribution in [1.82, 2.24) is 0 Å². The Morgan fingerprint density at radius 2 is 1.55 bits per heavy atom. The van der Waals surface area contributed by atoms with Crippen molar-refractivity contribution in [3.05, 3.63) is 84.1 Å². The molecule has 0 radical (unpaired) electrons. The summed E-state index contributed by atoms with van der Waals surface area (Å²) in [6, 6.07) is 20.7. The number of benzene rings is 2. The fourth-order valence-electron chi connectivity index (χ4n) is 2.15. The molecule has 0 N–H and O–H groups in total. The molecule has 0 aliphatic rings. The highest BCUT2D eigenvalue weighted by atomic mass is 28.4. The van der Waals surface area contributed by atoms with Gasteiger partial charge in [-0.3, -0.25) is 0 Å². The van der Waals surface area contributed by atoms with E-state index in [0.29, 0.717) is 0 Å². The van der Waals surface area contributed by atoms with Crippen LogP contribution in [0, 0.1) is 0 Å². The highest BCUT2D eigenvalue weighted by Gasteiger charge is 2.30. The van der Waals surface area contributed by atoms with E-state index in [-0.39, 0.29) is 0 Å². The number of hydrogen-bond acceptors (Lipinski definition) is 1. The molecule has 0 saturated carbocycles. The first-order valence-corrected chi connectivity index (χ1v) is 9.19. The Kier molecular flexibility index (Phi) is 4.72. The summed E-state index contributed by atoms with van der Waals surface area (Å²) in [7, 11) is -0.352. The molecule has 2 rings (SSSR count). The van der Waals surface area contributed by atoms with E-state index in [2.05, 4.69) is 55.6 Å². The van der Waals surface area contributed by atoms with Gasteiger partial charge in [0.1, 0.15) is 0 Å². The zero-order valence-electron chi connectivity index (χ0n) is 12.0. The van der Waals surface area contributed by atoms with Crippen LogP contribution in [-0.4, -0.2) is 15.4 Å². The Hall–Kier alpha value is -1.90. The van der Waals surface area contributed by atoms with Gasteiger partial charge in [0, 0.05) is 7.11 Å².